The summed E-state index contributed by atoms with van der Waals surface area (Å²) in [6, 6.07) is 5.57. The fourth-order valence-electron chi connectivity index (χ4n) is 2.58. The number of nitrogens with one attached hydrogen (secondary N) is 1. The van der Waals surface area contributed by atoms with Crippen LogP contribution in [0.3, 0.4) is 0 Å². The number of fused-ring (bicyclic) bond motifs is 1. The van der Waals surface area contributed by atoms with Gasteiger partial charge in [-0.25, -0.2) is 4.98 Å². The van der Waals surface area contributed by atoms with Crippen LogP contribution < -0.4 is 15.8 Å². The Kier molecular flexibility index (Phi) is 4.92. The van der Waals surface area contributed by atoms with Crippen LogP contribution in [0.5, 0.6) is 5.75 Å². The van der Waals surface area contributed by atoms with E-state index in [0.717, 1.165) is 17.4 Å². The van der Waals surface area contributed by atoms with Gasteiger partial charge in [-0.3, -0.25) is 4.79 Å². The lowest BCUT2D eigenvalue weighted by Gasteiger charge is -2.10. The van der Waals surface area contributed by atoms with E-state index in [4.69, 9.17) is 22.1 Å². The number of aromatic nitrogens is 1. The molecule has 0 bridgehead atoms. The fourth-order valence-corrected chi connectivity index (χ4v) is 3.82. The number of nitrogens with two attached hydrogens (primary N) is 1. The number of hydrogen-bond donors (Lipinski definition) is 2. The van der Waals surface area contributed by atoms with Crippen LogP contribution in [0.4, 0.5) is 24.5 Å². The lowest BCUT2D eigenvalue weighted by molar-refractivity contribution is -0.141. The fraction of sp³-hybridized carbons (Fsp3) is 0.176. The molecule has 3 rings (SSSR count). The minimum absolute atomic E-state index is 0.0445. The van der Waals surface area contributed by atoms with Gasteiger partial charge >= 0.3 is 6.18 Å². The number of carbonyl (C=O) groups excluding carboxylic acids is 1. The van der Waals surface area contributed by atoms with Gasteiger partial charge in [0.05, 0.1) is 18.5 Å². The van der Waals surface area contributed by atoms with E-state index >= 15 is 0 Å². The molecule has 0 aliphatic carbocycles. The van der Waals surface area contributed by atoms with Gasteiger partial charge in [0.2, 0.25) is 0 Å². The lowest BCUT2D eigenvalue weighted by atomic mass is 10.1. The maximum absolute atomic E-state index is 13.0. The largest absolute Gasteiger partial charge is 0.495 e. The van der Waals surface area contributed by atoms with Crippen LogP contribution in [-0.4, -0.2) is 18.0 Å². The Bertz CT molecular complexity index is 1050. The van der Waals surface area contributed by atoms with E-state index in [1.165, 1.54) is 20.1 Å². The summed E-state index contributed by atoms with van der Waals surface area (Å²) in [4.78, 5) is 16.4. The molecule has 0 radical (unpaired) electrons. The third kappa shape index (κ3) is 3.65. The first-order valence-electron chi connectivity index (χ1n) is 7.53. The summed E-state index contributed by atoms with van der Waals surface area (Å²) < 4.78 is 44.1. The van der Waals surface area contributed by atoms with Crippen molar-refractivity contribution in [1.29, 1.82) is 0 Å². The number of hydrogen-bond acceptors (Lipinski definition) is 5. The summed E-state index contributed by atoms with van der Waals surface area (Å²) in [7, 11) is 1.43. The van der Waals surface area contributed by atoms with Crippen molar-refractivity contribution in [3.8, 4) is 5.75 Å². The van der Waals surface area contributed by atoms with Crippen molar-refractivity contribution in [2.75, 3.05) is 18.2 Å². The smallest absolute Gasteiger partial charge is 0.433 e. The summed E-state index contributed by atoms with van der Waals surface area (Å²) in [5.74, 6) is -0.217. The molecule has 3 N–H and O–H groups in total. The minimum atomic E-state index is -4.59. The van der Waals surface area contributed by atoms with Gasteiger partial charge in [-0.15, -0.1) is 11.3 Å². The van der Waals surface area contributed by atoms with Gasteiger partial charge in [0.25, 0.3) is 5.91 Å². The van der Waals surface area contributed by atoms with Crippen LogP contribution in [0.15, 0.2) is 24.3 Å². The van der Waals surface area contributed by atoms with Gasteiger partial charge in [-0.05, 0) is 36.8 Å². The molecule has 1 aromatic carbocycles. The van der Waals surface area contributed by atoms with Crippen molar-refractivity contribution in [1.82, 2.24) is 4.98 Å². The number of aryl methyl sites for hydroxylation is 1. The molecule has 0 aliphatic rings. The van der Waals surface area contributed by atoms with Crippen molar-refractivity contribution in [2.24, 2.45) is 0 Å². The number of halogens is 4. The van der Waals surface area contributed by atoms with Gasteiger partial charge < -0.3 is 15.8 Å². The topological polar surface area (TPSA) is 77.2 Å². The van der Waals surface area contributed by atoms with Gasteiger partial charge in [-0.1, -0.05) is 11.6 Å². The van der Waals surface area contributed by atoms with E-state index in [2.05, 4.69) is 10.3 Å². The van der Waals surface area contributed by atoms with Gasteiger partial charge in [-0.2, -0.15) is 13.2 Å². The Morgan fingerprint density at radius 1 is 1.33 bits per heavy atom. The molecule has 0 saturated carbocycles. The Balaban J connectivity index is 2.04. The number of pyridine rings is 1. The molecule has 0 spiro atoms. The van der Waals surface area contributed by atoms with Crippen molar-refractivity contribution >= 4 is 50.4 Å². The number of nitrogen functional groups attached to an aromatic ring is 1. The first-order valence-corrected chi connectivity index (χ1v) is 8.73. The van der Waals surface area contributed by atoms with Crippen molar-refractivity contribution in [2.45, 2.75) is 13.1 Å². The van der Waals surface area contributed by atoms with Crippen molar-refractivity contribution in [3.63, 3.8) is 0 Å². The maximum Gasteiger partial charge on any atom is 0.433 e. The second kappa shape index (κ2) is 6.90. The molecule has 0 fully saturated rings. The SMILES string of the molecule is COc1ccc(Cl)cc1NC(=O)c1sc2nc(C(F)(F)F)cc(C)c2c1N. The molecule has 142 valence electrons. The molecule has 2 heterocycles. The highest BCUT2D eigenvalue weighted by Gasteiger charge is 2.34. The molecule has 0 saturated heterocycles. The number of benzene rings is 1. The monoisotopic (exact) mass is 415 g/mol. The van der Waals surface area contributed by atoms with E-state index in [0.29, 0.717) is 27.4 Å². The second-order valence-corrected chi connectivity index (χ2v) is 7.08. The van der Waals surface area contributed by atoms with Crippen LogP contribution in [0.1, 0.15) is 20.9 Å². The van der Waals surface area contributed by atoms with Crippen molar-refractivity contribution in [3.05, 3.63) is 45.4 Å². The van der Waals surface area contributed by atoms with E-state index in [-0.39, 0.29) is 15.4 Å². The quantitative estimate of drug-likeness (QED) is 0.622. The number of carbonyl (C=O) groups is 1. The normalized spacial score (nSPS) is 11.6. The number of nitrogens with zero attached hydrogens (tertiary/aromatic N) is 1. The summed E-state index contributed by atoms with van der Waals surface area (Å²) >= 11 is 6.73. The highest BCUT2D eigenvalue weighted by Crippen LogP contribution is 2.39. The predicted molar refractivity (Wildman–Crippen MR) is 99.7 cm³/mol. The molecule has 3 aromatic rings. The third-order valence-corrected chi connectivity index (χ3v) is 5.14. The maximum atomic E-state index is 13.0. The summed E-state index contributed by atoms with van der Waals surface area (Å²) in [6.07, 6.45) is -4.59. The average molecular weight is 416 g/mol. The molecule has 0 aliphatic heterocycles. The number of amides is 1. The molecular weight excluding hydrogens is 403 g/mol. The summed E-state index contributed by atoms with van der Waals surface area (Å²) in [5, 5.41) is 3.32. The standard InChI is InChI=1S/C17H13ClF3N3O2S/c1-7-5-11(17(19,20)21)24-16-12(7)13(22)14(27-16)15(25)23-9-6-8(18)3-4-10(9)26-2/h3-6H,22H2,1-2H3,(H,23,25). The molecule has 2 aromatic heterocycles. The molecule has 27 heavy (non-hydrogen) atoms. The molecule has 10 heteroatoms. The zero-order valence-corrected chi connectivity index (χ0v) is 15.6. The van der Waals surface area contributed by atoms with E-state index in [1.54, 1.807) is 12.1 Å². The van der Waals surface area contributed by atoms with Gasteiger partial charge in [0.15, 0.2) is 0 Å². The van der Waals surface area contributed by atoms with E-state index < -0.39 is 17.8 Å². The van der Waals surface area contributed by atoms with Crippen LogP contribution in [0.25, 0.3) is 10.2 Å². The molecular formula is C17H13ClF3N3O2S. The number of alkyl halides is 3. The van der Waals surface area contributed by atoms with E-state index in [1.807, 2.05) is 0 Å². The Labute approximate surface area is 160 Å². The lowest BCUT2D eigenvalue weighted by Crippen LogP contribution is -2.12. The Hall–Kier alpha value is -2.52. The molecule has 5 nitrogen and oxygen atoms in total. The number of rotatable bonds is 3. The molecule has 0 unspecified atom stereocenters. The van der Waals surface area contributed by atoms with Crippen LogP contribution in [0, 0.1) is 6.92 Å². The molecule has 0 atom stereocenters. The Morgan fingerprint density at radius 3 is 2.67 bits per heavy atom. The van der Waals surface area contributed by atoms with Crippen LogP contribution in [0.2, 0.25) is 5.02 Å². The Morgan fingerprint density at radius 2 is 2.04 bits per heavy atom. The molecule has 1 amide bonds. The highest BCUT2D eigenvalue weighted by molar-refractivity contribution is 7.21. The van der Waals surface area contributed by atoms with E-state index in [9.17, 15) is 18.0 Å². The van der Waals surface area contributed by atoms with Crippen LogP contribution >= 0.6 is 22.9 Å². The minimum Gasteiger partial charge on any atom is -0.495 e. The van der Waals surface area contributed by atoms with Gasteiger partial charge in [0.1, 0.15) is 21.2 Å². The number of thiophene rings is 1. The van der Waals surface area contributed by atoms with Crippen molar-refractivity contribution < 1.29 is 22.7 Å². The average Bonchev–Trinajstić information content (AvgIpc) is 2.92. The second-order valence-electron chi connectivity index (χ2n) is 5.65. The number of methoxy groups -OCH3 is 1. The third-order valence-electron chi connectivity index (χ3n) is 3.80. The summed E-state index contributed by atoms with van der Waals surface area (Å²) in [6.45, 7) is 1.49. The first-order chi connectivity index (χ1) is 12.6. The zero-order valence-electron chi connectivity index (χ0n) is 14.1. The zero-order chi connectivity index (χ0) is 19.9. The highest BCUT2D eigenvalue weighted by atomic mass is 35.5. The van der Waals surface area contributed by atoms with Gasteiger partial charge in [0, 0.05) is 10.4 Å². The van der Waals surface area contributed by atoms with Crippen LogP contribution in [-0.2, 0) is 6.18 Å². The number of anilines is 2. The number of ether oxygens (including phenoxy) is 1. The predicted octanol–water partition coefficient (Wildman–Crippen LogP) is 5.12. The summed E-state index contributed by atoms with van der Waals surface area (Å²) in [5.41, 5.74) is 5.68. The first kappa shape index (κ1) is 19.2.